The Kier molecular flexibility index (Phi) is 26.0. The maximum atomic E-state index is 15.4. The summed E-state index contributed by atoms with van der Waals surface area (Å²) < 4.78 is 0. The number of amides is 9. The van der Waals surface area contributed by atoms with Crippen LogP contribution in [-0.2, 0) is 67.3 Å². The predicted octanol–water partition coefficient (Wildman–Crippen LogP) is -5.08. The molecule has 7 rings (SSSR count). The fourth-order valence-corrected chi connectivity index (χ4v) is 13.1. The first-order chi connectivity index (χ1) is 44.4. The van der Waals surface area contributed by atoms with Crippen LogP contribution in [-0.4, -0.2) is 224 Å². The number of aliphatic hydroxyl groups is 2. The van der Waals surface area contributed by atoms with Crippen molar-refractivity contribution in [1.82, 2.24) is 46.2 Å². The number of likely N-dealkylation sites (tertiary alicyclic amines) is 3. The minimum Gasteiger partial charge on any atom is -0.480 e. The number of fused-ring (bicyclic) bond motifs is 2. The molecule has 4 fully saturated rings. The lowest BCUT2D eigenvalue weighted by Gasteiger charge is -2.42. The zero-order valence-corrected chi connectivity index (χ0v) is 52.2. The summed E-state index contributed by atoms with van der Waals surface area (Å²) in [5.41, 5.74) is 40.9. The van der Waals surface area contributed by atoms with Crippen LogP contribution >= 0.6 is 0 Å². The van der Waals surface area contributed by atoms with E-state index in [0.717, 1.165) is 29.7 Å². The monoisotopic (exact) mass is 1300 g/mol. The number of nitrogens with one attached hydrogen (secondary N) is 5. The van der Waals surface area contributed by atoms with Gasteiger partial charge >= 0.3 is 5.97 Å². The molecule has 0 radical (unpaired) electrons. The molecule has 93 heavy (non-hydrogen) atoms. The first-order valence-corrected chi connectivity index (χ1v) is 31.7. The smallest absolute Gasteiger partial charge is 0.326 e. The highest BCUT2D eigenvalue weighted by molar-refractivity contribution is 5.99. The van der Waals surface area contributed by atoms with Crippen LogP contribution in [0, 0.1) is 5.92 Å². The summed E-state index contributed by atoms with van der Waals surface area (Å²) in [6.45, 7) is -1.49. The van der Waals surface area contributed by atoms with Gasteiger partial charge in [0.1, 0.15) is 48.3 Å². The van der Waals surface area contributed by atoms with Crippen LogP contribution in [0.25, 0.3) is 0 Å². The normalized spacial score (nSPS) is 22.2. The van der Waals surface area contributed by atoms with Crippen LogP contribution in [0.5, 0.6) is 0 Å². The number of carbonyl (C=O) groups is 10. The molecule has 3 saturated heterocycles. The fourth-order valence-electron chi connectivity index (χ4n) is 13.1. The number of aliphatic carboxylic acids is 1. The molecule has 4 heterocycles. The molecule has 12 atom stereocenters. The van der Waals surface area contributed by atoms with Gasteiger partial charge in [0.05, 0.1) is 25.3 Å². The van der Waals surface area contributed by atoms with E-state index in [9.17, 15) is 53.7 Å². The SMILES string of the molecule is NC(N)=NCCCC(N)C(=O)NC(CCCN=C(N)N)C(=O)N1CCCC1C(=O)N1CC(O)CC1C(=O)NCC(=O)NC(Cc1ccccc1)C(=O)NC(CO)C(=O)N1Cc2ccccc2CC1C(=O)N1C(C(=O)NC(CCCN=C(N)N)C(=O)O)CC2CCCCC21. The first kappa shape index (κ1) is 71.3. The van der Waals surface area contributed by atoms with Crippen LogP contribution in [0.15, 0.2) is 69.6 Å². The Morgan fingerprint density at radius 1 is 0.581 bits per heavy atom. The molecule has 5 aliphatic rings. The largest absolute Gasteiger partial charge is 0.480 e. The molecule has 4 aliphatic heterocycles. The highest BCUT2D eigenvalue weighted by Crippen LogP contribution is 2.41. The molecular formula is C61H91N19O13. The van der Waals surface area contributed by atoms with E-state index in [1.54, 1.807) is 48.5 Å². The number of nitrogens with zero attached hydrogens (tertiary/aromatic N) is 7. The zero-order chi connectivity index (χ0) is 67.5. The minimum absolute atomic E-state index is 0.00197. The van der Waals surface area contributed by atoms with Crippen LogP contribution in [0.1, 0.15) is 107 Å². The van der Waals surface area contributed by atoms with E-state index in [1.807, 2.05) is 6.07 Å². The maximum absolute atomic E-state index is 15.4. The molecule has 1 aliphatic carbocycles. The van der Waals surface area contributed by atoms with Gasteiger partial charge in [-0.1, -0.05) is 67.4 Å². The molecule has 0 spiro atoms. The van der Waals surface area contributed by atoms with E-state index in [4.69, 9.17) is 40.1 Å². The van der Waals surface area contributed by atoms with Crippen molar-refractivity contribution >= 4 is 77.0 Å². The van der Waals surface area contributed by atoms with Crippen LogP contribution in [0.2, 0.25) is 0 Å². The third-order valence-corrected chi connectivity index (χ3v) is 17.7. The topological polar surface area (TPSA) is 524 Å². The molecule has 508 valence electrons. The first-order valence-electron chi connectivity index (χ1n) is 31.7. The van der Waals surface area contributed by atoms with E-state index < -0.39 is 139 Å². The second-order valence-electron chi connectivity index (χ2n) is 24.3. The minimum atomic E-state index is -1.68. The van der Waals surface area contributed by atoms with Crippen molar-refractivity contribution in [2.45, 2.75) is 176 Å². The van der Waals surface area contributed by atoms with Crippen molar-refractivity contribution in [3.05, 3.63) is 71.3 Å². The lowest BCUT2D eigenvalue weighted by Crippen LogP contribution is -2.63. The van der Waals surface area contributed by atoms with Gasteiger partial charge in [-0.05, 0) is 93.2 Å². The molecule has 0 aromatic heterocycles. The number of aliphatic imine (C=N–C) groups is 3. The number of carboxylic acids is 1. The average Bonchev–Trinajstić information content (AvgIpc) is 1.72. The van der Waals surface area contributed by atoms with Crippen molar-refractivity contribution < 1.29 is 63.3 Å². The predicted molar refractivity (Wildman–Crippen MR) is 340 cm³/mol. The lowest BCUT2D eigenvalue weighted by atomic mass is 9.84. The van der Waals surface area contributed by atoms with Crippen molar-refractivity contribution in [3.63, 3.8) is 0 Å². The highest BCUT2D eigenvalue weighted by Gasteiger charge is 2.52. The summed E-state index contributed by atoms with van der Waals surface area (Å²) in [6.07, 6.45) is 3.34. The zero-order valence-electron chi connectivity index (χ0n) is 52.2. The Balaban J connectivity index is 1.03. The van der Waals surface area contributed by atoms with Gasteiger partial charge in [-0.25, -0.2) is 4.79 Å². The van der Waals surface area contributed by atoms with Gasteiger partial charge in [-0.15, -0.1) is 0 Å². The summed E-state index contributed by atoms with van der Waals surface area (Å²) in [6, 6.07) is 3.96. The number of hydrogen-bond donors (Lipinski definition) is 15. The molecule has 2 aromatic rings. The third kappa shape index (κ3) is 19.4. The molecule has 32 heteroatoms. The van der Waals surface area contributed by atoms with Crippen molar-refractivity contribution in [1.29, 1.82) is 0 Å². The van der Waals surface area contributed by atoms with E-state index in [1.165, 1.54) is 14.7 Å². The molecule has 2 aromatic carbocycles. The summed E-state index contributed by atoms with van der Waals surface area (Å²) in [7, 11) is 0. The standard InChI is InChI=1S/C61H91N19O13/c62-39(17-8-22-69-59(63)64)50(84)74-40(18-9-23-70-60(65)66)54(88)77-25-11-21-45(77)56(90)79-32-38(82)29-46(79)52(86)72-30-49(83)73-42(26-34-12-2-1-3-13-34)51(85)76-43(33-81)55(89)78-31-37-16-5-4-14-35(37)27-48(78)57(91)80-44-20-7-6-15-36(44)28-47(80)53(87)75-41(58(92)93)19-10-24-71-61(67)68/h1-5,12-14,16,36,38-48,81-82H,6-11,15,17-33,62H2,(H,72,86)(H,73,83)(H,74,84)(H,75,87)(H,76,85)(H,92,93)(H4,63,64,69)(H4,65,66,70)(H4,67,68,71). The van der Waals surface area contributed by atoms with E-state index in [0.29, 0.717) is 30.4 Å². The van der Waals surface area contributed by atoms with Gasteiger partial charge in [0.2, 0.25) is 53.2 Å². The number of carboxylic acid groups (broad SMARTS) is 1. The van der Waals surface area contributed by atoms with Gasteiger partial charge in [-0.3, -0.25) is 58.1 Å². The summed E-state index contributed by atoms with van der Waals surface area (Å²) in [5.74, 6) is -8.39. The Morgan fingerprint density at radius 3 is 1.83 bits per heavy atom. The van der Waals surface area contributed by atoms with Crippen molar-refractivity contribution in [2.24, 2.45) is 61.0 Å². The Bertz CT molecular complexity index is 3090. The van der Waals surface area contributed by atoms with E-state index in [-0.39, 0.29) is 127 Å². The average molecular weight is 1300 g/mol. The molecule has 9 amide bonds. The van der Waals surface area contributed by atoms with Crippen LogP contribution < -0.4 is 66.7 Å². The molecule has 22 N–H and O–H groups in total. The number of β-amino-alcohol motifs (C(OH)–C–C–N with tert-alkyl or cyclic N) is 1. The maximum Gasteiger partial charge on any atom is 0.326 e. The molecule has 12 unspecified atom stereocenters. The number of nitrogens with two attached hydrogens (primary N) is 7. The summed E-state index contributed by atoms with van der Waals surface area (Å²) >= 11 is 0. The Hall–Kier alpha value is -9.17. The summed E-state index contributed by atoms with van der Waals surface area (Å²) in [4.78, 5) is 159. The van der Waals surface area contributed by atoms with Gasteiger partial charge in [-0.2, -0.15) is 0 Å². The lowest BCUT2D eigenvalue weighted by molar-refractivity contribution is -0.153. The molecular weight excluding hydrogens is 1210 g/mol. The summed E-state index contributed by atoms with van der Waals surface area (Å²) in [5, 5.41) is 45.1. The molecule has 32 nitrogen and oxygen atoms in total. The van der Waals surface area contributed by atoms with Crippen molar-refractivity contribution in [2.75, 3.05) is 45.9 Å². The van der Waals surface area contributed by atoms with Gasteiger partial charge < -0.3 is 102 Å². The van der Waals surface area contributed by atoms with Crippen LogP contribution in [0.3, 0.4) is 0 Å². The number of benzene rings is 2. The van der Waals surface area contributed by atoms with E-state index >= 15 is 9.59 Å². The quantitative estimate of drug-likeness (QED) is 0.0198. The number of carbonyl (C=O) groups excluding carboxylic acids is 9. The highest BCUT2D eigenvalue weighted by atomic mass is 16.4. The third-order valence-electron chi connectivity index (χ3n) is 17.7. The molecule has 1 saturated carbocycles. The second kappa shape index (κ2) is 33.9. The number of aliphatic hydroxyl groups excluding tert-OH is 2. The van der Waals surface area contributed by atoms with Gasteiger partial charge in [0.25, 0.3) is 0 Å². The number of guanidine groups is 3. The van der Waals surface area contributed by atoms with E-state index in [2.05, 4.69) is 41.6 Å². The Morgan fingerprint density at radius 2 is 1.18 bits per heavy atom. The number of rotatable bonds is 30. The van der Waals surface area contributed by atoms with Crippen molar-refractivity contribution in [3.8, 4) is 0 Å². The second-order valence-corrected chi connectivity index (χ2v) is 24.3. The van der Waals surface area contributed by atoms with Crippen LogP contribution in [0.4, 0.5) is 0 Å². The Labute approximate surface area is 538 Å². The fraction of sp³-hybridized carbons (Fsp3) is 0.590. The van der Waals surface area contributed by atoms with Gasteiger partial charge in [0, 0.05) is 64.6 Å². The number of hydrogen-bond acceptors (Lipinski definition) is 16. The molecule has 0 bridgehead atoms. The van der Waals surface area contributed by atoms with Gasteiger partial charge in [0.15, 0.2) is 17.9 Å².